The number of aromatic amines is 1. The average molecular weight is 176 g/mol. The van der Waals surface area contributed by atoms with E-state index in [4.69, 9.17) is 0 Å². The predicted octanol–water partition coefficient (Wildman–Crippen LogP) is 1.16. The SMILES string of the molecule is CC#CCCNC(=O)c1ccc[nH]1. The highest BCUT2D eigenvalue weighted by atomic mass is 16.1. The molecular weight excluding hydrogens is 164 g/mol. The van der Waals surface area contributed by atoms with Gasteiger partial charge in [0.2, 0.25) is 0 Å². The molecule has 3 heteroatoms. The van der Waals surface area contributed by atoms with E-state index < -0.39 is 0 Å². The Morgan fingerprint density at radius 3 is 3.15 bits per heavy atom. The van der Waals surface area contributed by atoms with Gasteiger partial charge >= 0.3 is 0 Å². The second-order valence-electron chi connectivity index (χ2n) is 2.52. The minimum atomic E-state index is -0.0806. The van der Waals surface area contributed by atoms with Crippen molar-refractivity contribution in [2.45, 2.75) is 13.3 Å². The minimum absolute atomic E-state index is 0.0806. The van der Waals surface area contributed by atoms with Gasteiger partial charge in [0.1, 0.15) is 5.69 Å². The van der Waals surface area contributed by atoms with E-state index >= 15 is 0 Å². The summed E-state index contributed by atoms with van der Waals surface area (Å²) in [5.74, 6) is 5.56. The first kappa shape index (κ1) is 9.40. The number of H-pyrrole nitrogens is 1. The van der Waals surface area contributed by atoms with Gasteiger partial charge in [-0.3, -0.25) is 4.79 Å². The Hall–Kier alpha value is -1.69. The molecule has 68 valence electrons. The van der Waals surface area contributed by atoms with E-state index in [1.54, 1.807) is 25.3 Å². The monoisotopic (exact) mass is 176 g/mol. The molecule has 0 aliphatic rings. The van der Waals surface area contributed by atoms with E-state index in [1.807, 2.05) is 0 Å². The zero-order chi connectivity index (χ0) is 9.52. The van der Waals surface area contributed by atoms with Gasteiger partial charge in [0.05, 0.1) is 0 Å². The van der Waals surface area contributed by atoms with Crippen LogP contribution in [-0.2, 0) is 0 Å². The van der Waals surface area contributed by atoms with E-state index in [-0.39, 0.29) is 5.91 Å². The van der Waals surface area contributed by atoms with Crippen LogP contribution in [0.4, 0.5) is 0 Å². The summed E-state index contributed by atoms with van der Waals surface area (Å²) in [6, 6.07) is 3.53. The standard InChI is InChI=1S/C10H12N2O/c1-2-3-4-7-12-10(13)9-6-5-8-11-9/h5-6,8,11H,4,7H2,1H3,(H,12,13). The topological polar surface area (TPSA) is 44.9 Å². The summed E-state index contributed by atoms with van der Waals surface area (Å²) in [6.45, 7) is 2.38. The third-order valence-corrected chi connectivity index (χ3v) is 1.55. The molecule has 3 nitrogen and oxygen atoms in total. The molecule has 1 heterocycles. The van der Waals surface area contributed by atoms with Gasteiger partial charge in [-0.2, -0.15) is 0 Å². The molecule has 0 atom stereocenters. The lowest BCUT2D eigenvalue weighted by atomic mass is 10.3. The van der Waals surface area contributed by atoms with E-state index in [9.17, 15) is 4.79 Å². The summed E-state index contributed by atoms with van der Waals surface area (Å²) >= 11 is 0. The molecule has 1 aromatic rings. The van der Waals surface area contributed by atoms with Crippen molar-refractivity contribution in [2.75, 3.05) is 6.54 Å². The Balaban J connectivity index is 2.29. The minimum Gasteiger partial charge on any atom is -0.357 e. The van der Waals surface area contributed by atoms with Crippen molar-refractivity contribution in [1.29, 1.82) is 0 Å². The third-order valence-electron chi connectivity index (χ3n) is 1.55. The zero-order valence-electron chi connectivity index (χ0n) is 7.55. The van der Waals surface area contributed by atoms with Gasteiger partial charge in [0, 0.05) is 19.2 Å². The van der Waals surface area contributed by atoms with Gasteiger partial charge in [-0.15, -0.1) is 11.8 Å². The molecule has 0 aliphatic carbocycles. The first-order valence-corrected chi connectivity index (χ1v) is 4.16. The van der Waals surface area contributed by atoms with Crippen LogP contribution in [0.3, 0.4) is 0 Å². The second kappa shape index (κ2) is 5.04. The Labute approximate surface area is 77.5 Å². The van der Waals surface area contributed by atoms with Crippen LogP contribution < -0.4 is 5.32 Å². The summed E-state index contributed by atoms with van der Waals surface area (Å²) in [5, 5.41) is 2.75. The van der Waals surface area contributed by atoms with Crippen LogP contribution in [0.5, 0.6) is 0 Å². The van der Waals surface area contributed by atoms with Gasteiger partial charge in [-0.1, -0.05) is 0 Å². The van der Waals surface area contributed by atoms with Crippen LogP contribution in [0.2, 0.25) is 0 Å². The van der Waals surface area contributed by atoms with Crippen LogP contribution in [-0.4, -0.2) is 17.4 Å². The largest absolute Gasteiger partial charge is 0.357 e. The number of nitrogens with one attached hydrogen (secondary N) is 2. The number of rotatable bonds is 3. The molecule has 2 N–H and O–H groups in total. The summed E-state index contributed by atoms with van der Waals surface area (Å²) in [6.07, 6.45) is 2.42. The maximum Gasteiger partial charge on any atom is 0.267 e. The highest BCUT2D eigenvalue weighted by Gasteiger charge is 2.02. The Morgan fingerprint density at radius 2 is 2.54 bits per heavy atom. The first-order valence-electron chi connectivity index (χ1n) is 4.16. The highest BCUT2D eigenvalue weighted by molar-refractivity contribution is 5.92. The summed E-state index contributed by atoms with van der Waals surface area (Å²) in [5.41, 5.74) is 0.587. The second-order valence-corrected chi connectivity index (χ2v) is 2.52. The molecule has 0 saturated carbocycles. The first-order chi connectivity index (χ1) is 6.34. The smallest absolute Gasteiger partial charge is 0.267 e. The van der Waals surface area contributed by atoms with Crippen LogP contribution in [0.25, 0.3) is 0 Å². The molecule has 0 bridgehead atoms. The number of amides is 1. The average Bonchev–Trinajstić information content (AvgIpc) is 2.65. The normalized spacial score (nSPS) is 8.69. The van der Waals surface area contributed by atoms with E-state index in [0.29, 0.717) is 18.7 Å². The maximum atomic E-state index is 11.3. The molecule has 0 aliphatic heterocycles. The van der Waals surface area contributed by atoms with Gasteiger partial charge in [-0.05, 0) is 19.1 Å². The molecule has 1 amide bonds. The summed E-state index contributed by atoms with van der Waals surface area (Å²) < 4.78 is 0. The van der Waals surface area contributed by atoms with Crippen LogP contribution in [0.15, 0.2) is 18.3 Å². The molecule has 0 radical (unpaired) electrons. The molecule has 0 aromatic carbocycles. The molecule has 1 rings (SSSR count). The quantitative estimate of drug-likeness (QED) is 0.526. The van der Waals surface area contributed by atoms with Crippen molar-refractivity contribution in [3.63, 3.8) is 0 Å². The van der Waals surface area contributed by atoms with E-state index in [2.05, 4.69) is 22.1 Å². The highest BCUT2D eigenvalue weighted by Crippen LogP contribution is 1.92. The molecule has 0 unspecified atom stereocenters. The fourth-order valence-electron chi connectivity index (χ4n) is 0.930. The number of carbonyl (C=O) groups is 1. The van der Waals surface area contributed by atoms with Crippen molar-refractivity contribution in [2.24, 2.45) is 0 Å². The lowest BCUT2D eigenvalue weighted by Gasteiger charge is -1.99. The molecule has 0 spiro atoms. The summed E-state index contributed by atoms with van der Waals surface area (Å²) in [7, 11) is 0. The Bertz CT molecular complexity index is 316. The Morgan fingerprint density at radius 1 is 1.69 bits per heavy atom. The lowest BCUT2D eigenvalue weighted by Crippen LogP contribution is -2.24. The van der Waals surface area contributed by atoms with Crippen LogP contribution in [0, 0.1) is 11.8 Å². The maximum absolute atomic E-state index is 11.3. The van der Waals surface area contributed by atoms with Gasteiger partial charge in [0.25, 0.3) is 5.91 Å². The van der Waals surface area contributed by atoms with Crippen molar-refractivity contribution >= 4 is 5.91 Å². The van der Waals surface area contributed by atoms with Gasteiger partial charge in [0.15, 0.2) is 0 Å². The zero-order valence-corrected chi connectivity index (χ0v) is 7.55. The molecule has 0 fully saturated rings. The molecule has 13 heavy (non-hydrogen) atoms. The number of aromatic nitrogens is 1. The van der Waals surface area contributed by atoms with Crippen LogP contribution >= 0.6 is 0 Å². The molecule has 1 aromatic heterocycles. The van der Waals surface area contributed by atoms with Gasteiger partial charge in [-0.25, -0.2) is 0 Å². The van der Waals surface area contributed by atoms with E-state index in [1.165, 1.54) is 0 Å². The van der Waals surface area contributed by atoms with Crippen LogP contribution in [0.1, 0.15) is 23.8 Å². The summed E-state index contributed by atoms with van der Waals surface area (Å²) in [4.78, 5) is 14.1. The predicted molar refractivity (Wildman–Crippen MR) is 51.2 cm³/mol. The van der Waals surface area contributed by atoms with Crippen molar-refractivity contribution in [3.8, 4) is 11.8 Å². The molecular formula is C10H12N2O. The van der Waals surface area contributed by atoms with Gasteiger partial charge < -0.3 is 10.3 Å². The lowest BCUT2D eigenvalue weighted by molar-refractivity contribution is 0.0950. The number of hydrogen-bond acceptors (Lipinski definition) is 1. The number of hydrogen-bond donors (Lipinski definition) is 2. The van der Waals surface area contributed by atoms with Crippen molar-refractivity contribution < 1.29 is 4.79 Å². The van der Waals surface area contributed by atoms with Crippen molar-refractivity contribution in [1.82, 2.24) is 10.3 Å². The molecule has 0 saturated heterocycles. The third kappa shape index (κ3) is 3.04. The Kier molecular flexibility index (Phi) is 3.65. The number of carbonyl (C=O) groups excluding carboxylic acids is 1. The van der Waals surface area contributed by atoms with Crippen molar-refractivity contribution in [3.05, 3.63) is 24.0 Å². The fraction of sp³-hybridized carbons (Fsp3) is 0.300. The fourth-order valence-corrected chi connectivity index (χ4v) is 0.930. The van der Waals surface area contributed by atoms with E-state index in [0.717, 1.165) is 0 Å².